The molecule has 5 nitrogen and oxygen atoms in total. The fourth-order valence-electron chi connectivity index (χ4n) is 2.60. The Morgan fingerprint density at radius 2 is 1.92 bits per heavy atom. The Morgan fingerprint density at radius 1 is 1.08 bits per heavy atom. The molecule has 26 heavy (non-hydrogen) atoms. The summed E-state index contributed by atoms with van der Waals surface area (Å²) in [4.78, 5) is 20.6. The standard InChI is InChI=1S/C21H21N3O2/c1-26-19-9-6-16(7-10-19)4-2-13-23-21(25)18-8-11-20(24-15-18)17-5-3-12-22-14-17/h3,5-12,14-15H,2,4,13H2,1H3,(H,23,25). The number of nitrogens with zero attached hydrogens (tertiary/aromatic N) is 2. The van der Waals surface area contributed by atoms with E-state index < -0.39 is 0 Å². The number of rotatable bonds is 7. The van der Waals surface area contributed by atoms with E-state index in [4.69, 9.17) is 4.74 Å². The maximum Gasteiger partial charge on any atom is 0.252 e. The molecule has 1 amide bonds. The highest BCUT2D eigenvalue weighted by molar-refractivity contribution is 5.94. The molecule has 0 saturated heterocycles. The lowest BCUT2D eigenvalue weighted by Gasteiger charge is -2.07. The first-order chi connectivity index (χ1) is 12.8. The molecule has 0 saturated carbocycles. The number of pyridine rings is 2. The molecule has 3 rings (SSSR count). The van der Waals surface area contributed by atoms with Crippen molar-refractivity contribution in [1.29, 1.82) is 0 Å². The second-order valence-corrected chi connectivity index (χ2v) is 5.88. The predicted molar refractivity (Wildman–Crippen MR) is 101 cm³/mol. The van der Waals surface area contributed by atoms with Gasteiger partial charge in [-0.05, 0) is 54.8 Å². The van der Waals surface area contributed by atoms with Crippen molar-refractivity contribution in [3.05, 3.63) is 78.2 Å². The summed E-state index contributed by atoms with van der Waals surface area (Å²) in [6.45, 7) is 0.620. The van der Waals surface area contributed by atoms with Crippen LogP contribution in [0.15, 0.2) is 67.1 Å². The van der Waals surface area contributed by atoms with Gasteiger partial charge in [0, 0.05) is 30.7 Å². The van der Waals surface area contributed by atoms with Crippen molar-refractivity contribution in [2.45, 2.75) is 12.8 Å². The molecule has 3 aromatic rings. The number of carbonyl (C=O) groups excluding carboxylic acids is 1. The fourth-order valence-corrected chi connectivity index (χ4v) is 2.60. The topological polar surface area (TPSA) is 64.1 Å². The van der Waals surface area contributed by atoms with E-state index in [1.54, 1.807) is 31.8 Å². The Labute approximate surface area is 153 Å². The highest BCUT2D eigenvalue weighted by Crippen LogP contribution is 2.15. The second-order valence-electron chi connectivity index (χ2n) is 5.88. The van der Waals surface area contributed by atoms with E-state index in [0.29, 0.717) is 12.1 Å². The minimum Gasteiger partial charge on any atom is -0.497 e. The van der Waals surface area contributed by atoms with E-state index in [1.807, 2.05) is 42.5 Å². The zero-order valence-electron chi connectivity index (χ0n) is 14.7. The lowest BCUT2D eigenvalue weighted by molar-refractivity contribution is 0.0953. The van der Waals surface area contributed by atoms with Crippen LogP contribution >= 0.6 is 0 Å². The monoisotopic (exact) mass is 347 g/mol. The summed E-state index contributed by atoms with van der Waals surface area (Å²) >= 11 is 0. The molecule has 0 atom stereocenters. The number of hydrogen-bond donors (Lipinski definition) is 1. The van der Waals surface area contributed by atoms with Crippen LogP contribution in [0.25, 0.3) is 11.3 Å². The Morgan fingerprint density at radius 3 is 2.58 bits per heavy atom. The zero-order valence-corrected chi connectivity index (χ0v) is 14.7. The lowest BCUT2D eigenvalue weighted by Crippen LogP contribution is -2.24. The molecule has 5 heteroatoms. The summed E-state index contributed by atoms with van der Waals surface area (Å²) in [6, 6.07) is 15.4. The molecule has 0 unspecified atom stereocenters. The first-order valence-corrected chi connectivity index (χ1v) is 8.54. The number of amides is 1. The van der Waals surface area contributed by atoms with Crippen LogP contribution in [0.2, 0.25) is 0 Å². The Kier molecular flexibility index (Phi) is 5.93. The SMILES string of the molecule is COc1ccc(CCCNC(=O)c2ccc(-c3cccnc3)nc2)cc1. The predicted octanol–water partition coefficient (Wildman–Crippen LogP) is 3.51. The molecule has 0 fully saturated rings. The van der Waals surface area contributed by atoms with Gasteiger partial charge in [-0.25, -0.2) is 0 Å². The number of ether oxygens (including phenoxy) is 1. The van der Waals surface area contributed by atoms with Crippen molar-refractivity contribution in [3.8, 4) is 17.0 Å². The van der Waals surface area contributed by atoms with E-state index in [0.717, 1.165) is 29.8 Å². The average Bonchev–Trinajstić information content (AvgIpc) is 2.72. The molecule has 1 aromatic carbocycles. The van der Waals surface area contributed by atoms with Gasteiger partial charge in [0.15, 0.2) is 0 Å². The largest absolute Gasteiger partial charge is 0.497 e. The number of methoxy groups -OCH3 is 1. The van der Waals surface area contributed by atoms with Crippen molar-refractivity contribution >= 4 is 5.91 Å². The van der Waals surface area contributed by atoms with Gasteiger partial charge < -0.3 is 10.1 Å². The van der Waals surface area contributed by atoms with Crippen LogP contribution in [-0.4, -0.2) is 29.5 Å². The van der Waals surface area contributed by atoms with Gasteiger partial charge in [0.2, 0.25) is 0 Å². The van der Waals surface area contributed by atoms with Gasteiger partial charge in [0.1, 0.15) is 5.75 Å². The third-order valence-corrected chi connectivity index (χ3v) is 4.07. The van der Waals surface area contributed by atoms with Gasteiger partial charge in [-0.2, -0.15) is 0 Å². The van der Waals surface area contributed by atoms with Gasteiger partial charge in [0.05, 0.1) is 18.4 Å². The molecule has 132 valence electrons. The van der Waals surface area contributed by atoms with Gasteiger partial charge in [0.25, 0.3) is 5.91 Å². The molecule has 2 heterocycles. The summed E-state index contributed by atoms with van der Waals surface area (Å²) < 4.78 is 5.15. The number of carbonyl (C=O) groups is 1. The minimum atomic E-state index is -0.107. The third-order valence-electron chi connectivity index (χ3n) is 4.07. The first-order valence-electron chi connectivity index (χ1n) is 8.54. The smallest absolute Gasteiger partial charge is 0.252 e. The first kappa shape index (κ1) is 17.6. The number of aromatic nitrogens is 2. The van der Waals surface area contributed by atoms with Gasteiger partial charge in [-0.1, -0.05) is 12.1 Å². The molecule has 0 aliphatic heterocycles. The maximum atomic E-state index is 12.2. The molecule has 0 aliphatic carbocycles. The third kappa shape index (κ3) is 4.66. The van der Waals surface area contributed by atoms with Gasteiger partial charge in [-0.3, -0.25) is 14.8 Å². The van der Waals surface area contributed by atoms with E-state index in [9.17, 15) is 4.79 Å². The quantitative estimate of drug-likeness (QED) is 0.664. The minimum absolute atomic E-state index is 0.107. The van der Waals surface area contributed by atoms with Crippen LogP contribution in [0.4, 0.5) is 0 Å². The fraction of sp³-hybridized carbons (Fsp3) is 0.190. The van der Waals surface area contributed by atoms with Crippen molar-refractivity contribution in [3.63, 3.8) is 0 Å². The van der Waals surface area contributed by atoms with Crippen molar-refractivity contribution in [1.82, 2.24) is 15.3 Å². The normalized spacial score (nSPS) is 10.3. The van der Waals surface area contributed by atoms with Gasteiger partial charge >= 0.3 is 0 Å². The molecule has 1 N–H and O–H groups in total. The number of nitrogens with one attached hydrogen (secondary N) is 1. The molecule has 2 aromatic heterocycles. The Balaban J connectivity index is 1.47. The van der Waals surface area contributed by atoms with E-state index >= 15 is 0 Å². The molecular weight excluding hydrogens is 326 g/mol. The maximum absolute atomic E-state index is 12.2. The molecule has 0 aliphatic rings. The zero-order chi connectivity index (χ0) is 18.2. The van der Waals surface area contributed by atoms with E-state index in [2.05, 4.69) is 15.3 Å². The second kappa shape index (κ2) is 8.76. The molecule has 0 radical (unpaired) electrons. The van der Waals surface area contributed by atoms with Gasteiger partial charge in [-0.15, -0.1) is 0 Å². The van der Waals surface area contributed by atoms with Crippen LogP contribution in [-0.2, 0) is 6.42 Å². The molecule has 0 spiro atoms. The Hall–Kier alpha value is -3.21. The van der Waals surface area contributed by atoms with Crippen molar-refractivity contribution < 1.29 is 9.53 Å². The highest BCUT2D eigenvalue weighted by Gasteiger charge is 2.06. The van der Waals surface area contributed by atoms with Crippen LogP contribution in [0, 0.1) is 0 Å². The van der Waals surface area contributed by atoms with Crippen LogP contribution in [0.5, 0.6) is 5.75 Å². The van der Waals surface area contributed by atoms with E-state index in [-0.39, 0.29) is 5.91 Å². The summed E-state index contributed by atoms with van der Waals surface area (Å²) in [7, 11) is 1.66. The average molecular weight is 347 g/mol. The summed E-state index contributed by atoms with van der Waals surface area (Å²) in [5.74, 6) is 0.745. The van der Waals surface area contributed by atoms with Crippen molar-refractivity contribution in [2.75, 3.05) is 13.7 Å². The molecular formula is C21H21N3O2. The van der Waals surface area contributed by atoms with Crippen LogP contribution in [0.3, 0.4) is 0 Å². The van der Waals surface area contributed by atoms with E-state index in [1.165, 1.54) is 5.56 Å². The number of aryl methyl sites for hydroxylation is 1. The Bertz CT molecular complexity index is 831. The molecule has 0 bridgehead atoms. The lowest BCUT2D eigenvalue weighted by atomic mass is 10.1. The van der Waals surface area contributed by atoms with Crippen LogP contribution in [0.1, 0.15) is 22.3 Å². The summed E-state index contributed by atoms with van der Waals surface area (Å²) in [5.41, 5.74) is 3.51. The number of benzene rings is 1. The summed E-state index contributed by atoms with van der Waals surface area (Å²) in [6.07, 6.45) is 6.85. The van der Waals surface area contributed by atoms with Crippen LogP contribution < -0.4 is 10.1 Å². The summed E-state index contributed by atoms with van der Waals surface area (Å²) in [5, 5.41) is 2.94. The number of hydrogen-bond acceptors (Lipinski definition) is 4. The van der Waals surface area contributed by atoms with Crippen molar-refractivity contribution in [2.24, 2.45) is 0 Å². The highest BCUT2D eigenvalue weighted by atomic mass is 16.5.